The third-order valence-electron chi connectivity index (χ3n) is 3.71. The van der Waals surface area contributed by atoms with Crippen LogP contribution in [0.25, 0.3) is 11.3 Å². The lowest BCUT2D eigenvalue weighted by atomic mass is 10.1. The SMILES string of the molecule is COC(=O)CNc1cc(-c2ccc(OCc3ccccc3)cc2)ncn1. The maximum Gasteiger partial charge on any atom is 0.325 e. The summed E-state index contributed by atoms with van der Waals surface area (Å²) in [5.41, 5.74) is 2.80. The molecule has 0 amide bonds. The first-order chi connectivity index (χ1) is 12.7. The lowest BCUT2D eigenvalue weighted by Crippen LogP contribution is -2.15. The number of ether oxygens (including phenoxy) is 2. The number of hydrogen-bond acceptors (Lipinski definition) is 6. The molecule has 0 saturated carbocycles. The average molecular weight is 349 g/mol. The van der Waals surface area contributed by atoms with Crippen LogP contribution in [0.2, 0.25) is 0 Å². The van der Waals surface area contributed by atoms with Gasteiger partial charge in [0.15, 0.2) is 0 Å². The summed E-state index contributed by atoms with van der Waals surface area (Å²) in [7, 11) is 1.34. The molecular weight excluding hydrogens is 330 g/mol. The van der Waals surface area contributed by atoms with Gasteiger partial charge in [0.25, 0.3) is 0 Å². The number of esters is 1. The molecular formula is C20H19N3O3. The van der Waals surface area contributed by atoms with Crippen LogP contribution in [0.15, 0.2) is 67.0 Å². The summed E-state index contributed by atoms with van der Waals surface area (Å²) >= 11 is 0. The number of hydrogen-bond donors (Lipinski definition) is 1. The minimum Gasteiger partial charge on any atom is -0.489 e. The fourth-order valence-electron chi connectivity index (χ4n) is 2.31. The molecule has 3 rings (SSSR count). The Morgan fingerprint density at radius 3 is 2.54 bits per heavy atom. The Balaban J connectivity index is 1.63. The van der Waals surface area contributed by atoms with Gasteiger partial charge < -0.3 is 14.8 Å². The number of carbonyl (C=O) groups is 1. The third kappa shape index (κ3) is 4.80. The Bertz CT molecular complexity index is 852. The van der Waals surface area contributed by atoms with Crippen molar-refractivity contribution in [2.45, 2.75) is 6.61 Å². The third-order valence-corrected chi connectivity index (χ3v) is 3.71. The standard InChI is InChI=1S/C20H19N3O3/c1-25-20(24)12-21-19-11-18(22-14-23-19)16-7-9-17(10-8-16)26-13-15-5-3-2-4-6-15/h2-11,14H,12-13H2,1H3,(H,21,22,23). The molecule has 0 aliphatic heterocycles. The van der Waals surface area contributed by atoms with Crippen molar-refractivity contribution in [1.82, 2.24) is 9.97 Å². The first-order valence-corrected chi connectivity index (χ1v) is 8.14. The van der Waals surface area contributed by atoms with E-state index in [0.29, 0.717) is 12.4 Å². The predicted octanol–water partition coefficient (Wildman–Crippen LogP) is 3.31. The fraction of sp³-hybridized carbons (Fsp3) is 0.150. The van der Waals surface area contributed by atoms with Crippen LogP contribution >= 0.6 is 0 Å². The van der Waals surface area contributed by atoms with E-state index in [1.165, 1.54) is 13.4 Å². The summed E-state index contributed by atoms with van der Waals surface area (Å²) in [5, 5.41) is 2.91. The van der Waals surface area contributed by atoms with Crippen molar-refractivity contribution in [3.63, 3.8) is 0 Å². The molecule has 0 aliphatic carbocycles. The van der Waals surface area contributed by atoms with E-state index in [1.54, 1.807) is 6.07 Å². The van der Waals surface area contributed by atoms with E-state index in [9.17, 15) is 4.79 Å². The minimum atomic E-state index is -0.356. The van der Waals surface area contributed by atoms with E-state index in [0.717, 1.165) is 22.6 Å². The van der Waals surface area contributed by atoms with Gasteiger partial charge in [-0.1, -0.05) is 30.3 Å². The van der Waals surface area contributed by atoms with Crippen LogP contribution < -0.4 is 10.1 Å². The van der Waals surface area contributed by atoms with Crippen LogP contribution in [0.1, 0.15) is 5.56 Å². The van der Waals surface area contributed by atoms with Crippen molar-refractivity contribution >= 4 is 11.8 Å². The van der Waals surface area contributed by atoms with E-state index in [1.807, 2.05) is 54.6 Å². The summed E-state index contributed by atoms with van der Waals surface area (Å²) in [4.78, 5) is 19.6. The number of methoxy groups -OCH3 is 1. The van der Waals surface area contributed by atoms with Crippen LogP contribution in [0.3, 0.4) is 0 Å². The van der Waals surface area contributed by atoms with Crippen molar-refractivity contribution in [2.75, 3.05) is 19.0 Å². The number of benzene rings is 2. The van der Waals surface area contributed by atoms with E-state index >= 15 is 0 Å². The van der Waals surface area contributed by atoms with Gasteiger partial charge in [-0.15, -0.1) is 0 Å². The summed E-state index contributed by atoms with van der Waals surface area (Å²) in [6.45, 7) is 0.578. The van der Waals surface area contributed by atoms with Crippen LogP contribution in [0.4, 0.5) is 5.82 Å². The zero-order valence-corrected chi connectivity index (χ0v) is 14.4. The highest BCUT2D eigenvalue weighted by Crippen LogP contribution is 2.22. The quantitative estimate of drug-likeness (QED) is 0.660. The molecule has 0 unspecified atom stereocenters. The monoisotopic (exact) mass is 349 g/mol. The lowest BCUT2D eigenvalue weighted by Gasteiger charge is -2.08. The maximum absolute atomic E-state index is 11.2. The van der Waals surface area contributed by atoms with Crippen molar-refractivity contribution < 1.29 is 14.3 Å². The molecule has 132 valence electrons. The summed E-state index contributed by atoms with van der Waals surface area (Å²) in [6.07, 6.45) is 1.45. The van der Waals surface area contributed by atoms with Crippen LogP contribution in [0, 0.1) is 0 Å². The molecule has 0 atom stereocenters. The molecule has 0 radical (unpaired) electrons. The summed E-state index contributed by atoms with van der Waals surface area (Å²) in [5.74, 6) is 0.991. The zero-order chi connectivity index (χ0) is 18.2. The number of nitrogens with zero attached hydrogens (tertiary/aromatic N) is 2. The van der Waals surface area contributed by atoms with E-state index in [-0.39, 0.29) is 12.5 Å². The molecule has 1 heterocycles. The van der Waals surface area contributed by atoms with Crippen molar-refractivity contribution in [3.05, 3.63) is 72.6 Å². The molecule has 2 aromatic carbocycles. The van der Waals surface area contributed by atoms with E-state index in [4.69, 9.17) is 4.74 Å². The van der Waals surface area contributed by atoms with E-state index < -0.39 is 0 Å². The van der Waals surface area contributed by atoms with Crippen LogP contribution in [0.5, 0.6) is 5.75 Å². The van der Waals surface area contributed by atoms with Gasteiger partial charge in [-0.2, -0.15) is 0 Å². The maximum atomic E-state index is 11.2. The number of anilines is 1. The minimum absolute atomic E-state index is 0.0548. The van der Waals surface area contributed by atoms with Crippen molar-refractivity contribution in [3.8, 4) is 17.0 Å². The van der Waals surface area contributed by atoms with Gasteiger partial charge in [-0.05, 0) is 29.8 Å². The van der Waals surface area contributed by atoms with Gasteiger partial charge in [0, 0.05) is 11.6 Å². The molecule has 6 nitrogen and oxygen atoms in total. The average Bonchev–Trinajstić information content (AvgIpc) is 2.72. The number of nitrogens with one attached hydrogen (secondary N) is 1. The van der Waals surface area contributed by atoms with Crippen molar-refractivity contribution in [2.24, 2.45) is 0 Å². The van der Waals surface area contributed by atoms with Gasteiger partial charge in [0.05, 0.1) is 12.8 Å². The molecule has 0 aliphatic rings. The van der Waals surface area contributed by atoms with Gasteiger partial charge in [-0.3, -0.25) is 4.79 Å². The van der Waals surface area contributed by atoms with Crippen molar-refractivity contribution in [1.29, 1.82) is 0 Å². The van der Waals surface area contributed by atoms with Crippen LogP contribution in [-0.2, 0) is 16.1 Å². The highest BCUT2D eigenvalue weighted by Gasteiger charge is 2.05. The van der Waals surface area contributed by atoms with E-state index in [2.05, 4.69) is 20.0 Å². The second-order valence-corrected chi connectivity index (χ2v) is 5.52. The van der Waals surface area contributed by atoms with Gasteiger partial charge in [0.2, 0.25) is 0 Å². The Morgan fingerprint density at radius 1 is 1.04 bits per heavy atom. The first-order valence-electron chi connectivity index (χ1n) is 8.14. The Labute approximate surface area is 151 Å². The Kier molecular flexibility index (Phi) is 5.77. The highest BCUT2D eigenvalue weighted by molar-refractivity contribution is 5.74. The largest absolute Gasteiger partial charge is 0.489 e. The molecule has 3 aromatic rings. The van der Waals surface area contributed by atoms with Gasteiger partial charge in [0.1, 0.15) is 31.0 Å². The Hall–Kier alpha value is -3.41. The molecule has 1 aromatic heterocycles. The molecule has 1 N–H and O–H groups in total. The predicted molar refractivity (Wildman–Crippen MR) is 98.7 cm³/mol. The smallest absolute Gasteiger partial charge is 0.325 e. The summed E-state index contributed by atoms with van der Waals surface area (Å²) in [6, 6.07) is 19.5. The Morgan fingerprint density at radius 2 is 1.81 bits per heavy atom. The zero-order valence-electron chi connectivity index (χ0n) is 14.4. The second-order valence-electron chi connectivity index (χ2n) is 5.52. The van der Waals surface area contributed by atoms with Crippen LogP contribution in [-0.4, -0.2) is 29.6 Å². The lowest BCUT2D eigenvalue weighted by molar-refractivity contribution is -0.138. The molecule has 0 fully saturated rings. The fourth-order valence-corrected chi connectivity index (χ4v) is 2.31. The summed E-state index contributed by atoms with van der Waals surface area (Å²) < 4.78 is 10.4. The molecule has 0 spiro atoms. The number of carbonyl (C=O) groups excluding carboxylic acids is 1. The van der Waals surface area contributed by atoms with Gasteiger partial charge >= 0.3 is 5.97 Å². The molecule has 6 heteroatoms. The second kappa shape index (κ2) is 8.62. The topological polar surface area (TPSA) is 73.3 Å². The molecule has 0 saturated heterocycles. The first kappa shape index (κ1) is 17.4. The number of rotatable bonds is 7. The molecule has 0 bridgehead atoms. The molecule has 26 heavy (non-hydrogen) atoms. The van der Waals surface area contributed by atoms with Gasteiger partial charge in [-0.25, -0.2) is 9.97 Å². The normalized spacial score (nSPS) is 10.2. The number of aromatic nitrogens is 2. The highest BCUT2D eigenvalue weighted by atomic mass is 16.5.